The van der Waals surface area contributed by atoms with Crippen LogP contribution in [0.4, 0.5) is 5.69 Å². The van der Waals surface area contributed by atoms with E-state index in [2.05, 4.69) is 24.9 Å². The Labute approximate surface area is 121 Å². The van der Waals surface area contributed by atoms with Crippen LogP contribution in [0.5, 0.6) is 5.75 Å². The third-order valence-corrected chi connectivity index (χ3v) is 2.98. The molecular formula is C15H13N5O. The minimum atomic E-state index is 0.480. The molecule has 0 aliphatic carbocycles. The summed E-state index contributed by atoms with van der Waals surface area (Å²) in [5.74, 6) is 1.19. The highest BCUT2D eigenvalue weighted by molar-refractivity contribution is 5.81. The van der Waals surface area contributed by atoms with E-state index in [1.54, 1.807) is 31.9 Å². The maximum atomic E-state index is 5.31. The number of hydrogen-bond acceptors (Lipinski definition) is 6. The first kappa shape index (κ1) is 13.1. The van der Waals surface area contributed by atoms with Crippen molar-refractivity contribution in [2.45, 2.75) is 6.92 Å². The zero-order valence-corrected chi connectivity index (χ0v) is 11.7. The van der Waals surface area contributed by atoms with Gasteiger partial charge in [0.1, 0.15) is 17.0 Å². The van der Waals surface area contributed by atoms with Crippen molar-refractivity contribution in [1.29, 1.82) is 0 Å². The molecule has 0 aliphatic rings. The van der Waals surface area contributed by atoms with Crippen LogP contribution in [0, 0.1) is 6.92 Å². The van der Waals surface area contributed by atoms with Gasteiger partial charge in [-0.3, -0.25) is 0 Å². The number of para-hydroxylation sites is 1. The summed E-state index contributed by atoms with van der Waals surface area (Å²) in [6.07, 6.45) is 6.43. The Kier molecular flexibility index (Phi) is 3.51. The van der Waals surface area contributed by atoms with Gasteiger partial charge in [-0.25, -0.2) is 24.9 Å². The number of aromatic nitrogens is 4. The second-order valence-electron chi connectivity index (χ2n) is 4.38. The van der Waals surface area contributed by atoms with Crippen molar-refractivity contribution in [1.82, 2.24) is 19.9 Å². The summed E-state index contributed by atoms with van der Waals surface area (Å²) in [5.41, 5.74) is 2.99. The molecular weight excluding hydrogens is 266 g/mol. The summed E-state index contributed by atoms with van der Waals surface area (Å²) in [5, 5.41) is 0. The van der Waals surface area contributed by atoms with Gasteiger partial charge in [0, 0.05) is 12.4 Å². The summed E-state index contributed by atoms with van der Waals surface area (Å²) in [6, 6.07) is 5.77. The van der Waals surface area contributed by atoms with E-state index < -0.39 is 0 Å². The Morgan fingerprint density at radius 2 is 2.00 bits per heavy atom. The number of hydrogen-bond donors (Lipinski definition) is 0. The highest BCUT2D eigenvalue weighted by Gasteiger charge is 2.04. The summed E-state index contributed by atoms with van der Waals surface area (Å²) >= 11 is 0. The fraction of sp³-hybridized carbons (Fsp3) is 0.133. The normalized spacial score (nSPS) is 11.1. The number of fused-ring (bicyclic) bond motifs is 1. The van der Waals surface area contributed by atoms with Gasteiger partial charge in [-0.15, -0.1) is 0 Å². The van der Waals surface area contributed by atoms with Crippen molar-refractivity contribution in [3.05, 3.63) is 48.2 Å². The zero-order valence-electron chi connectivity index (χ0n) is 11.7. The molecule has 0 radical (unpaired) electrons. The molecule has 0 N–H and O–H groups in total. The first-order chi connectivity index (χ1) is 10.3. The molecule has 0 spiro atoms. The van der Waals surface area contributed by atoms with Gasteiger partial charge >= 0.3 is 0 Å². The van der Waals surface area contributed by atoms with Crippen molar-refractivity contribution in [3.63, 3.8) is 0 Å². The molecule has 0 saturated heterocycles. The number of nitrogens with zero attached hydrogens (tertiary/aromatic N) is 5. The van der Waals surface area contributed by atoms with Gasteiger partial charge in [-0.1, -0.05) is 12.1 Å². The number of methoxy groups -OCH3 is 1. The van der Waals surface area contributed by atoms with Gasteiger partial charge in [0.05, 0.1) is 19.5 Å². The van der Waals surface area contributed by atoms with E-state index in [1.807, 2.05) is 25.1 Å². The molecule has 0 bridgehead atoms. The fourth-order valence-corrected chi connectivity index (χ4v) is 1.93. The molecule has 3 aromatic rings. The molecule has 0 aliphatic heterocycles. The lowest BCUT2D eigenvalue weighted by atomic mass is 10.2. The second kappa shape index (κ2) is 5.62. The Balaban J connectivity index is 1.98. The number of benzene rings is 1. The molecule has 6 nitrogen and oxygen atoms in total. The van der Waals surface area contributed by atoms with E-state index in [-0.39, 0.29) is 0 Å². The third kappa shape index (κ3) is 2.69. The minimum Gasteiger partial charge on any atom is -0.494 e. The SMILES string of the molecule is COc1cccc(C)c1/N=C\c1ncc2nccnc2n1. The van der Waals surface area contributed by atoms with E-state index in [9.17, 15) is 0 Å². The van der Waals surface area contributed by atoms with Gasteiger partial charge in [-0.05, 0) is 18.6 Å². The summed E-state index contributed by atoms with van der Waals surface area (Å²) in [7, 11) is 1.62. The maximum Gasteiger partial charge on any atom is 0.181 e. The van der Waals surface area contributed by atoms with Crippen LogP contribution < -0.4 is 4.74 Å². The van der Waals surface area contributed by atoms with Gasteiger partial charge < -0.3 is 4.74 Å². The lowest BCUT2D eigenvalue weighted by Gasteiger charge is -2.06. The number of rotatable bonds is 3. The molecule has 2 heterocycles. The van der Waals surface area contributed by atoms with Crippen molar-refractivity contribution >= 4 is 23.1 Å². The minimum absolute atomic E-state index is 0.480. The molecule has 21 heavy (non-hydrogen) atoms. The Morgan fingerprint density at radius 1 is 1.14 bits per heavy atom. The highest BCUT2D eigenvalue weighted by atomic mass is 16.5. The molecule has 0 fully saturated rings. The summed E-state index contributed by atoms with van der Waals surface area (Å²) < 4.78 is 5.31. The maximum absolute atomic E-state index is 5.31. The number of aliphatic imine (C=N–C) groups is 1. The quantitative estimate of drug-likeness (QED) is 0.689. The van der Waals surface area contributed by atoms with Gasteiger partial charge in [-0.2, -0.15) is 0 Å². The van der Waals surface area contributed by atoms with Crippen molar-refractivity contribution in [3.8, 4) is 5.75 Å². The Bertz CT molecular complexity index is 816. The molecule has 1 aromatic carbocycles. The van der Waals surface area contributed by atoms with E-state index in [0.29, 0.717) is 22.7 Å². The zero-order chi connectivity index (χ0) is 14.7. The van der Waals surface area contributed by atoms with E-state index >= 15 is 0 Å². The van der Waals surface area contributed by atoms with E-state index in [0.717, 1.165) is 11.3 Å². The molecule has 6 heteroatoms. The van der Waals surface area contributed by atoms with Crippen LogP contribution in [-0.2, 0) is 0 Å². The Hall–Kier alpha value is -2.89. The molecule has 0 saturated carbocycles. The molecule has 0 unspecified atom stereocenters. The van der Waals surface area contributed by atoms with Crippen molar-refractivity contribution < 1.29 is 4.74 Å². The van der Waals surface area contributed by atoms with E-state index in [1.165, 1.54) is 0 Å². The van der Waals surface area contributed by atoms with Crippen LogP contribution in [0.25, 0.3) is 11.2 Å². The van der Waals surface area contributed by atoms with Crippen LogP contribution in [0.2, 0.25) is 0 Å². The van der Waals surface area contributed by atoms with Gasteiger partial charge in [0.25, 0.3) is 0 Å². The lowest BCUT2D eigenvalue weighted by Crippen LogP contribution is -1.96. The molecule has 0 atom stereocenters. The largest absolute Gasteiger partial charge is 0.494 e. The average Bonchev–Trinajstić information content (AvgIpc) is 2.53. The molecule has 2 aromatic heterocycles. The van der Waals surface area contributed by atoms with Crippen molar-refractivity contribution in [2.24, 2.45) is 4.99 Å². The van der Waals surface area contributed by atoms with Crippen LogP contribution in [0.1, 0.15) is 11.4 Å². The third-order valence-electron chi connectivity index (χ3n) is 2.98. The number of aryl methyl sites for hydroxylation is 1. The number of ether oxygens (including phenoxy) is 1. The standard InChI is InChI=1S/C15H13N5O/c1-10-4-3-5-12(21-2)14(10)19-9-13-18-8-11-15(20-13)17-7-6-16-11/h3-9H,1-2H3/b19-9-. The van der Waals surface area contributed by atoms with Gasteiger partial charge in [0.15, 0.2) is 11.5 Å². The topological polar surface area (TPSA) is 73.2 Å². The van der Waals surface area contributed by atoms with E-state index in [4.69, 9.17) is 4.74 Å². The first-order valence-electron chi connectivity index (χ1n) is 6.39. The first-order valence-corrected chi connectivity index (χ1v) is 6.39. The van der Waals surface area contributed by atoms with Crippen LogP contribution >= 0.6 is 0 Å². The molecule has 0 amide bonds. The second-order valence-corrected chi connectivity index (χ2v) is 4.38. The summed E-state index contributed by atoms with van der Waals surface area (Å²) in [6.45, 7) is 1.97. The predicted molar refractivity (Wildman–Crippen MR) is 80.1 cm³/mol. The van der Waals surface area contributed by atoms with Crippen LogP contribution in [-0.4, -0.2) is 33.3 Å². The average molecular weight is 279 g/mol. The smallest absolute Gasteiger partial charge is 0.181 e. The summed E-state index contributed by atoms with van der Waals surface area (Å²) in [4.78, 5) is 21.2. The predicted octanol–water partition coefficient (Wildman–Crippen LogP) is 2.49. The fourth-order valence-electron chi connectivity index (χ4n) is 1.93. The monoisotopic (exact) mass is 279 g/mol. The van der Waals surface area contributed by atoms with Crippen molar-refractivity contribution in [2.75, 3.05) is 7.11 Å². The van der Waals surface area contributed by atoms with Gasteiger partial charge in [0.2, 0.25) is 0 Å². The molecule has 3 rings (SSSR count). The Morgan fingerprint density at radius 3 is 2.86 bits per heavy atom. The lowest BCUT2D eigenvalue weighted by molar-refractivity contribution is 0.416. The van der Waals surface area contributed by atoms with Crippen LogP contribution in [0.3, 0.4) is 0 Å². The molecule has 104 valence electrons. The highest BCUT2D eigenvalue weighted by Crippen LogP contribution is 2.30. The van der Waals surface area contributed by atoms with Crippen LogP contribution in [0.15, 0.2) is 41.8 Å².